The molecule has 6 heteroatoms. The van der Waals surface area contributed by atoms with Gasteiger partial charge in [-0.15, -0.1) is 0 Å². The molecule has 152 valence electrons. The van der Waals surface area contributed by atoms with Crippen LogP contribution in [0, 0.1) is 5.92 Å². The quantitative estimate of drug-likeness (QED) is 0.203. The first-order valence-electron chi connectivity index (χ1n) is 9.42. The number of carbonyl (C=O) groups excluding carboxylic acids is 2. The Kier molecular flexibility index (Phi) is 9.47. The second-order valence-corrected chi connectivity index (χ2v) is 9.17. The summed E-state index contributed by atoms with van der Waals surface area (Å²) in [4.78, 5) is 24.5. The van der Waals surface area contributed by atoms with Gasteiger partial charge in [0.1, 0.15) is 0 Å². The molecule has 2 unspecified atom stereocenters. The minimum atomic E-state index is -1.12. The van der Waals surface area contributed by atoms with Crippen LogP contribution in [0.5, 0.6) is 0 Å². The Balaban J connectivity index is 1.83. The fourth-order valence-electron chi connectivity index (χ4n) is 2.82. The molecule has 0 bridgehead atoms. The van der Waals surface area contributed by atoms with Gasteiger partial charge in [-0.1, -0.05) is 0 Å². The Hall–Kier alpha value is -1.89. The molecule has 28 heavy (non-hydrogen) atoms. The average Bonchev–Trinajstić information content (AvgIpc) is 3.23. The Labute approximate surface area is 176 Å². The number of aliphatic hydroxyl groups is 1. The molecule has 1 aliphatic carbocycles. The maximum atomic E-state index is 12.5. The molecule has 0 heterocycles. The number of ether oxygens (including phenoxy) is 1. The van der Waals surface area contributed by atoms with E-state index in [0.717, 1.165) is 17.6 Å². The van der Waals surface area contributed by atoms with Gasteiger partial charge in [0.2, 0.25) is 0 Å². The van der Waals surface area contributed by atoms with Gasteiger partial charge in [-0.2, -0.15) is 0 Å². The Morgan fingerprint density at radius 2 is 2.04 bits per heavy atom. The van der Waals surface area contributed by atoms with Crippen LogP contribution < -0.4 is 26.5 Å². The van der Waals surface area contributed by atoms with Gasteiger partial charge in [-0.3, -0.25) is 0 Å². The monoisotopic (exact) mass is 496 g/mol. The molecule has 5 nitrogen and oxygen atoms in total. The predicted octanol–water partition coefficient (Wildman–Crippen LogP) is 0.518. The summed E-state index contributed by atoms with van der Waals surface area (Å²) in [6, 6.07) is 9.43. The Morgan fingerprint density at radius 3 is 2.68 bits per heavy atom. The molecule has 0 aromatic heterocycles. The van der Waals surface area contributed by atoms with Gasteiger partial charge in [0.25, 0.3) is 0 Å². The summed E-state index contributed by atoms with van der Waals surface area (Å²) < 4.78 is 5.57. The molecule has 0 aliphatic heterocycles. The second-order valence-electron chi connectivity index (χ2n) is 6.64. The van der Waals surface area contributed by atoms with Crippen LogP contribution in [0.3, 0.4) is 0 Å². The molecule has 0 saturated carbocycles. The fraction of sp³-hybridized carbons (Fsp3) is 0.409. The van der Waals surface area contributed by atoms with Crippen molar-refractivity contribution < 1.29 is 40.6 Å². The molecule has 0 spiro atoms. The van der Waals surface area contributed by atoms with E-state index in [-0.39, 0.29) is 22.5 Å². The molecule has 1 amide bonds. The molecular weight excluding hydrogens is 469 g/mol. The van der Waals surface area contributed by atoms with E-state index in [1.165, 1.54) is 0 Å². The third-order valence-corrected chi connectivity index (χ3v) is 6.93. The molecule has 0 saturated heterocycles. The molecule has 3 atom stereocenters. The number of carbonyl (C=O) groups is 2. The molecule has 0 fully saturated rings. The molecule has 1 aromatic carbocycles. The van der Waals surface area contributed by atoms with Crippen LogP contribution in [-0.2, 0) is 9.53 Å². The Morgan fingerprint density at radius 1 is 1.29 bits per heavy atom. The van der Waals surface area contributed by atoms with Crippen LogP contribution in [0.1, 0.15) is 38.3 Å². The van der Waals surface area contributed by atoms with Crippen molar-refractivity contribution in [1.82, 2.24) is 5.32 Å². The summed E-state index contributed by atoms with van der Waals surface area (Å²) in [5.74, 6) is -0.627. The number of hydrogen-bond donors (Lipinski definition) is 2. The number of rotatable bonds is 11. The minimum absolute atomic E-state index is 0.189. The zero-order valence-corrected chi connectivity index (χ0v) is 18.4. The number of halogens is 1. The van der Waals surface area contributed by atoms with Crippen molar-refractivity contribution in [3.05, 3.63) is 65.4 Å². The van der Waals surface area contributed by atoms with Crippen LogP contribution in [0.4, 0.5) is 4.79 Å². The number of amides is 1. The van der Waals surface area contributed by atoms with E-state index in [1.807, 2.05) is 56.3 Å². The number of aliphatic hydroxyl groups excluding tert-OH is 1. The van der Waals surface area contributed by atoms with Crippen molar-refractivity contribution in [3.8, 4) is 0 Å². The predicted molar refractivity (Wildman–Crippen MR) is 104 cm³/mol. The number of allylic oxidation sites excluding steroid dienone is 1. The first kappa shape index (κ1) is 22.4. The van der Waals surface area contributed by atoms with E-state index >= 15 is 0 Å². The van der Waals surface area contributed by atoms with E-state index < -0.39 is 33.2 Å². The van der Waals surface area contributed by atoms with Crippen LogP contribution in [0.25, 0.3) is 0 Å². The van der Waals surface area contributed by atoms with E-state index in [4.69, 9.17) is 4.74 Å². The standard InChI is InChI=1S/C22H27INO4/c1-3-9-19(14-23-22(27)28-15-17-10-7-8-11-17)20(25)21(26)24-16(2)18-12-5-4-6-13-18/h4-8,10,12-13,16,19-20,25H,3,9,14-15H2,1-2H3,(H,24,26)/q-1/t16?,19-,20?/m1/s1. The van der Waals surface area contributed by atoms with E-state index in [0.29, 0.717) is 10.8 Å². The van der Waals surface area contributed by atoms with Gasteiger partial charge < -0.3 is 0 Å². The topological polar surface area (TPSA) is 75.6 Å². The summed E-state index contributed by atoms with van der Waals surface area (Å²) in [6.07, 6.45) is 5.89. The van der Waals surface area contributed by atoms with Crippen LogP contribution >= 0.6 is 0 Å². The van der Waals surface area contributed by atoms with Crippen molar-refractivity contribution >= 4 is 9.88 Å². The first-order valence-corrected chi connectivity index (χ1v) is 12.0. The molecule has 2 N–H and O–H groups in total. The average molecular weight is 496 g/mol. The maximum absolute atomic E-state index is 12.5. The number of alkyl halides is 1. The first-order chi connectivity index (χ1) is 13.5. The Bertz CT molecular complexity index is 753. The number of benzene rings is 1. The zero-order valence-electron chi connectivity index (χ0n) is 16.2. The SMILES string of the molecule is CCC[C@H](C[I-]C(=O)OCC1=C=CC=C1)C(O)C(=O)NC(C)c1ccccc1. The molecule has 2 rings (SSSR count). The summed E-state index contributed by atoms with van der Waals surface area (Å²) in [5, 5.41) is 13.4. The van der Waals surface area contributed by atoms with Crippen LogP contribution in [0.15, 0.2) is 59.9 Å². The zero-order chi connectivity index (χ0) is 20.4. The van der Waals surface area contributed by atoms with Crippen LogP contribution in [-0.4, -0.2) is 32.1 Å². The summed E-state index contributed by atoms with van der Waals surface area (Å²) in [5.41, 5.74) is 4.81. The molecule has 1 aromatic rings. The van der Waals surface area contributed by atoms with Gasteiger partial charge >= 0.3 is 177 Å². The van der Waals surface area contributed by atoms with Crippen molar-refractivity contribution in [2.45, 2.75) is 38.8 Å². The van der Waals surface area contributed by atoms with Gasteiger partial charge in [-0.05, 0) is 0 Å². The van der Waals surface area contributed by atoms with Gasteiger partial charge in [-0.25, -0.2) is 0 Å². The third kappa shape index (κ3) is 7.26. The molecule has 0 radical (unpaired) electrons. The molecular formula is C22H27INO4-. The van der Waals surface area contributed by atoms with Crippen LogP contribution in [0.2, 0.25) is 0 Å². The normalized spacial score (nSPS) is 15.8. The third-order valence-electron chi connectivity index (χ3n) is 4.42. The van der Waals surface area contributed by atoms with Gasteiger partial charge in [0, 0.05) is 0 Å². The summed E-state index contributed by atoms with van der Waals surface area (Å²) in [6.45, 7) is 4.12. The number of hydrogen-bond acceptors (Lipinski definition) is 4. The van der Waals surface area contributed by atoms with Gasteiger partial charge in [0.15, 0.2) is 0 Å². The van der Waals surface area contributed by atoms with E-state index in [2.05, 4.69) is 11.0 Å². The summed E-state index contributed by atoms with van der Waals surface area (Å²) >= 11 is -0.914. The van der Waals surface area contributed by atoms with Crippen molar-refractivity contribution in [2.24, 2.45) is 5.92 Å². The molecule has 1 aliphatic rings. The van der Waals surface area contributed by atoms with Gasteiger partial charge in [0.05, 0.1) is 0 Å². The number of nitrogens with one attached hydrogen (secondary N) is 1. The van der Waals surface area contributed by atoms with Crippen molar-refractivity contribution in [1.29, 1.82) is 0 Å². The van der Waals surface area contributed by atoms with Crippen molar-refractivity contribution in [2.75, 3.05) is 11.0 Å². The van der Waals surface area contributed by atoms with Crippen molar-refractivity contribution in [3.63, 3.8) is 0 Å². The van der Waals surface area contributed by atoms with E-state index in [9.17, 15) is 14.7 Å². The summed E-state index contributed by atoms with van der Waals surface area (Å²) in [7, 11) is 0. The van der Waals surface area contributed by atoms with E-state index in [1.54, 1.807) is 6.08 Å². The fourth-order valence-corrected chi connectivity index (χ4v) is 5.04. The second kappa shape index (κ2) is 11.8.